The Kier molecular flexibility index (Phi) is 8.33. The lowest BCUT2D eigenvalue weighted by Gasteiger charge is -2.34. The highest BCUT2D eigenvalue weighted by Crippen LogP contribution is 2.60. The molecule has 0 N–H and O–H groups in total. The maximum absolute atomic E-state index is 2.51. The minimum Gasteiger partial charge on any atom is -0.309 e. The van der Waals surface area contributed by atoms with E-state index in [-0.39, 0.29) is 0 Å². The summed E-state index contributed by atoms with van der Waals surface area (Å²) in [6, 6.07) is 87.4. The van der Waals surface area contributed by atoms with Crippen LogP contribution < -0.4 is 4.90 Å². The van der Waals surface area contributed by atoms with Crippen LogP contribution in [0.3, 0.4) is 0 Å². The molecule has 0 atom stereocenters. The monoisotopic (exact) mass is 793 g/mol. The molecule has 0 radical (unpaired) electrons. The van der Waals surface area contributed by atoms with Crippen molar-refractivity contribution in [3.05, 3.63) is 259 Å². The number of benzene rings is 10. The molecule has 1 aromatic heterocycles. The van der Waals surface area contributed by atoms with Crippen molar-refractivity contribution in [3.8, 4) is 33.4 Å². The van der Waals surface area contributed by atoms with Gasteiger partial charge in [-0.15, -0.1) is 11.3 Å². The molecular formula is C59H39NS. The third kappa shape index (κ3) is 5.53. The quantitative estimate of drug-likeness (QED) is 0.155. The number of para-hydroxylation sites is 1. The van der Waals surface area contributed by atoms with Gasteiger partial charge in [0.25, 0.3) is 0 Å². The summed E-state index contributed by atoms with van der Waals surface area (Å²) < 4.78 is 2.62. The fourth-order valence-corrected chi connectivity index (χ4v) is 11.2. The Bertz CT molecular complexity index is 3370. The lowest BCUT2D eigenvalue weighted by atomic mass is 9.68. The standard InChI is InChI=1S/C59H39NS/c1-3-19-43(20-4-1)59(44-21-5-2-6-22-44)52-28-12-9-26-50(52)58-53(59)29-16-31-55(58)60(45-36-33-41(34-37-45)47-27-15-18-40-17-7-8-23-46(40)47)54-30-13-10-24-48(54)42-35-38-57-51(39-42)49-25-11-14-32-56(49)61-57/h1-39H. The molecule has 0 saturated carbocycles. The maximum atomic E-state index is 2.51. The topological polar surface area (TPSA) is 3.24 Å². The first-order valence-corrected chi connectivity index (χ1v) is 21.8. The molecule has 10 aromatic carbocycles. The highest BCUT2D eigenvalue weighted by Gasteiger charge is 2.47. The Morgan fingerprint density at radius 1 is 0.344 bits per heavy atom. The molecule has 12 rings (SSSR count). The predicted molar refractivity (Wildman–Crippen MR) is 260 cm³/mol. The van der Waals surface area contributed by atoms with Crippen LogP contribution in [0.4, 0.5) is 17.1 Å². The van der Waals surface area contributed by atoms with Gasteiger partial charge in [-0.05, 0) is 97.7 Å². The molecule has 0 spiro atoms. The minimum absolute atomic E-state index is 0.515. The van der Waals surface area contributed by atoms with Gasteiger partial charge in [-0.3, -0.25) is 0 Å². The maximum Gasteiger partial charge on any atom is 0.0714 e. The van der Waals surface area contributed by atoms with Gasteiger partial charge in [0.2, 0.25) is 0 Å². The number of hydrogen-bond acceptors (Lipinski definition) is 2. The molecule has 1 aliphatic carbocycles. The van der Waals surface area contributed by atoms with E-state index in [0.717, 1.165) is 17.1 Å². The van der Waals surface area contributed by atoms with Crippen LogP contribution in [0, 0.1) is 0 Å². The van der Waals surface area contributed by atoms with Crippen LogP contribution in [0.15, 0.2) is 237 Å². The predicted octanol–water partition coefficient (Wildman–Crippen LogP) is 16.4. The van der Waals surface area contributed by atoms with E-state index in [4.69, 9.17) is 0 Å². The van der Waals surface area contributed by atoms with Crippen LogP contribution >= 0.6 is 11.3 Å². The van der Waals surface area contributed by atoms with E-state index in [1.807, 2.05) is 11.3 Å². The first kappa shape index (κ1) is 35.4. The van der Waals surface area contributed by atoms with Gasteiger partial charge < -0.3 is 4.90 Å². The van der Waals surface area contributed by atoms with Crippen LogP contribution in [0.2, 0.25) is 0 Å². The second-order valence-corrected chi connectivity index (χ2v) is 17.0. The van der Waals surface area contributed by atoms with Crippen molar-refractivity contribution in [2.75, 3.05) is 4.90 Å². The molecule has 0 amide bonds. The molecule has 1 heterocycles. The van der Waals surface area contributed by atoms with Crippen molar-refractivity contribution in [3.63, 3.8) is 0 Å². The zero-order chi connectivity index (χ0) is 40.3. The zero-order valence-corrected chi connectivity index (χ0v) is 34.2. The van der Waals surface area contributed by atoms with Gasteiger partial charge in [-0.25, -0.2) is 0 Å². The molecule has 61 heavy (non-hydrogen) atoms. The van der Waals surface area contributed by atoms with Gasteiger partial charge in [-0.2, -0.15) is 0 Å². The van der Waals surface area contributed by atoms with E-state index in [1.165, 1.54) is 86.6 Å². The summed E-state index contributed by atoms with van der Waals surface area (Å²) in [6.07, 6.45) is 0. The minimum atomic E-state index is -0.515. The van der Waals surface area contributed by atoms with Crippen LogP contribution in [-0.4, -0.2) is 0 Å². The number of fused-ring (bicyclic) bond motifs is 7. The van der Waals surface area contributed by atoms with Crippen molar-refractivity contribution in [2.45, 2.75) is 5.41 Å². The summed E-state index contributed by atoms with van der Waals surface area (Å²) in [6.45, 7) is 0. The average molecular weight is 794 g/mol. The van der Waals surface area contributed by atoms with Crippen LogP contribution in [0.1, 0.15) is 22.3 Å². The van der Waals surface area contributed by atoms with E-state index < -0.39 is 5.41 Å². The van der Waals surface area contributed by atoms with E-state index in [0.29, 0.717) is 0 Å². The van der Waals surface area contributed by atoms with Gasteiger partial charge >= 0.3 is 0 Å². The highest BCUT2D eigenvalue weighted by atomic mass is 32.1. The summed E-state index contributed by atoms with van der Waals surface area (Å²) in [4.78, 5) is 2.51. The molecule has 0 saturated heterocycles. The van der Waals surface area contributed by atoms with E-state index in [9.17, 15) is 0 Å². The number of hydrogen-bond donors (Lipinski definition) is 0. The summed E-state index contributed by atoms with van der Waals surface area (Å²) in [5.41, 5.74) is 15.2. The molecular weight excluding hydrogens is 755 g/mol. The second-order valence-electron chi connectivity index (χ2n) is 16.0. The molecule has 0 fully saturated rings. The molecule has 0 aliphatic heterocycles. The molecule has 286 valence electrons. The first-order valence-electron chi connectivity index (χ1n) is 21.0. The van der Waals surface area contributed by atoms with Crippen molar-refractivity contribution in [2.24, 2.45) is 0 Å². The van der Waals surface area contributed by atoms with Crippen molar-refractivity contribution < 1.29 is 0 Å². The molecule has 0 unspecified atom stereocenters. The van der Waals surface area contributed by atoms with E-state index >= 15 is 0 Å². The molecule has 2 heteroatoms. The summed E-state index contributed by atoms with van der Waals surface area (Å²) >= 11 is 1.86. The van der Waals surface area contributed by atoms with Crippen molar-refractivity contribution in [1.82, 2.24) is 0 Å². The van der Waals surface area contributed by atoms with Crippen LogP contribution in [-0.2, 0) is 5.41 Å². The Hall–Kier alpha value is -7.52. The van der Waals surface area contributed by atoms with Gasteiger partial charge in [0, 0.05) is 37.0 Å². The van der Waals surface area contributed by atoms with Gasteiger partial charge in [0.15, 0.2) is 0 Å². The van der Waals surface area contributed by atoms with E-state index in [2.05, 4.69) is 241 Å². The third-order valence-corrected chi connectivity index (χ3v) is 13.9. The molecule has 1 nitrogen and oxygen atoms in total. The van der Waals surface area contributed by atoms with Crippen LogP contribution in [0.5, 0.6) is 0 Å². The molecule has 0 bridgehead atoms. The van der Waals surface area contributed by atoms with E-state index in [1.54, 1.807) is 0 Å². The SMILES string of the molecule is c1ccc(C2(c3ccccc3)c3ccccc3-c3c(N(c4ccc(-c5cccc6ccccc56)cc4)c4ccccc4-c4ccc5sc6ccccc6c5c4)cccc32)cc1. The molecule has 11 aromatic rings. The number of nitrogens with zero attached hydrogens (tertiary/aromatic N) is 1. The van der Waals surface area contributed by atoms with Crippen molar-refractivity contribution in [1.29, 1.82) is 0 Å². The first-order chi connectivity index (χ1) is 30.3. The third-order valence-electron chi connectivity index (χ3n) is 12.8. The fraction of sp³-hybridized carbons (Fsp3) is 0.0169. The highest BCUT2D eigenvalue weighted by molar-refractivity contribution is 7.25. The summed E-state index contributed by atoms with van der Waals surface area (Å²) in [5, 5.41) is 5.10. The normalized spacial score (nSPS) is 12.7. The van der Waals surface area contributed by atoms with Gasteiger partial charge in [0.1, 0.15) is 0 Å². The smallest absolute Gasteiger partial charge is 0.0714 e. The average Bonchev–Trinajstić information content (AvgIpc) is 3.86. The largest absolute Gasteiger partial charge is 0.309 e. The van der Waals surface area contributed by atoms with Gasteiger partial charge in [0.05, 0.1) is 16.8 Å². The number of thiophene rings is 1. The fourth-order valence-electron chi connectivity index (χ4n) is 10.1. The lowest BCUT2D eigenvalue weighted by Crippen LogP contribution is -2.28. The van der Waals surface area contributed by atoms with Gasteiger partial charge in [-0.1, -0.05) is 194 Å². The Balaban J connectivity index is 1.13. The molecule has 1 aliphatic rings. The Labute approximate surface area is 360 Å². The second kappa shape index (κ2) is 14.3. The van der Waals surface area contributed by atoms with Crippen LogP contribution in [0.25, 0.3) is 64.3 Å². The summed E-state index contributed by atoms with van der Waals surface area (Å²) in [7, 11) is 0. The lowest BCUT2D eigenvalue weighted by molar-refractivity contribution is 0.768. The Morgan fingerprint density at radius 2 is 0.902 bits per heavy atom. The number of rotatable bonds is 7. The summed E-state index contributed by atoms with van der Waals surface area (Å²) in [5.74, 6) is 0. The number of anilines is 3. The Morgan fingerprint density at radius 3 is 1.70 bits per heavy atom. The van der Waals surface area contributed by atoms with Crippen molar-refractivity contribution >= 4 is 59.3 Å². The zero-order valence-electron chi connectivity index (χ0n) is 33.4.